The molecule has 5 rings (SSSR count). The van der Waals surface area contributed by atoms with Gasteiger partial charge in [-0.3, -0.25) is 4.79 Å². The maximum Gasteiger partial charge on any atom is 0.159 e. The third-order valence-electron chi connectivity index (χ3n) is 11.8. The van der Waals surface area contributed by atoms with Gasteiger partial charge in [0.25, 0.3) is 0 Å². The van der Waals surface area contributed by atoms with Crippen LogP contribution >= 0.6 is 0 Å². The van der Waals surface area contributed by atoms with Gasteiger partial charge in [0.2, 0.25) is 0 Å². The van der Waals surface area contributed by atoms with Gasteiger partial charge < -0.3 is 30.3 Å². The molecule has 228 valence electrons. The van der Waals surface area contributed by atoms with E-state index in [9.17, 15) is 30.3 Å². The highest BCUT2D eigenvalue weighted by Crippen LogP contribution is 2.68. The van der Waals surface area contributed by atoms with Gasteiger partial charge in [-0.1, -0.05) is 44.2 Å². The Morgan fingerprint density at radius 2 is 1.68 bits per heavy atom. The first-order valence-electron chi connectivity index (χ1n) is 15.5. The third kappa shape index (κ3) is 5.15. The van der Waals surface area contributed by atoms with Gasteiger partial charge in [0.15, 0.2) is 5.78 Å². The van der Waals surface area contributed by atoms with Crippen LogP contribution in [0.2, 0.25) is 0 Å². The molecule has 10 atom stereocenters. The lowest BCUT2D eigenvalue weighted by atomic mass is 9.45. The zero-order valence-corrected chi connectivity index (χ0v) is 25.3. The van der Waals surface area contributed by atoms with Crippen molar-refractivity contribution in [1.82, 2.24) is 0 Å². The van der Waals surface area contributed by atoms with Crippen LogP contribution < -0.4 is 0 Å². The predicted molar refractivity (Wildman–Crippen MR) is 156 cm³/mol. The molecule has 0 saturated heterocycles. The van der Waals surface area contributed by atoms with Crippen LogP contribution in [-0.4, -0.2) is 66.4 Å². The van der Waals surface area contributed by atoms with Gasteiger partial charge in [-0.25, -0.2) is 0 Å². The smallest absolute Gasteiger partial charge is 0.159 e. The Balaban J connectivity index is 1.46. The summed E-state index contributed by atoms with van der Waals surface area (Å²) in [5, 5.41) is 56.4. The number of aliphatic hydroxyl groups is 5. The largest absolute Gasteiger partial charge is 0.390 e. The summed E-state index contributed by atoms with van der Waals surface area (Å²) in [6.45, 7) is 9.76. The number of fused-ring (bicyclic) bond motifs is 5. The quantitative estimate of drug-likeness (QED) is 0.319. The molecule has 7 heteroatoms. The Morgan fingerprint density at radius 3 is 2.34 bits per heavy atom. The summed E-state index contributed by atoms with van der Waals surface area (Å²) >= 11 is 0. The number of hydrogen-bond acceptors (Lipinski definition) is 7. The number of allylic oxidation sites excluding steroid dienone is 1. The van der Waals surface area contributed by atoms with Crippen molar-refractivity contribution in [2.45, 2.75) is 128 Å². The first-order chi connectivity index (χ1) is 19.0. The molecule has 0 aromatic heterocycles. The van der Waals surface area contributed by atoms with E-state index in [0.29, 0.717) is 45.1 Å². The van der Waals surface area contributed by atoms with E-state index < -0.39 is 45.9 Å². The van der Waals surface area contributed by atoms with E-state index in [-0.39, 0.29) is 30.0 Å². The van der Waals surface area contributed by atoms with Gasteiger partial charge in [0.1, 0.15) is 0 Å². The zero-order valence-electron chi connectivity index (χ0n) is 25.3. The molecule has 0 amide bonds. The van der Waals surface area contributed by atoms with Crippen LogP contribution in [0, 0.1) is 28.6 Å². The fourth-order valence-corrected chi connectivity index (χ4v) is 9.33. The maximum absolute atomic E-state index is 13.5. The van der Waals surface area contributed by atoms with Crippen molar-refractivity contribution < 1.29 is 35.1 Å². The van der Waals surface area contributed by atoms with E-state index in [0.717, 1.165) is 17.6 Å². The number of carbonyl (C=O) groups is 1. The first kappa shape index (κ1) is 30.8. The number of benzene rings is 1. The zero-order chi connectivity index (χ0) is 30.0. The molecule has 5 N–H and O–H groups in total. The summed E-state index contributed by atoms with van der Waals surface area (Å²) in [7, 11) is 0. The van der Waals surface area contributed by atoms with Gasteiger partial charge >= 0.3 is 0 Å². The van der Waals surface area contributed by atoms with Crippen LogP contribution in [0.25, 0.3) is 0 Å². The molecule has 4 aliphatic carbocycles. The van der Waals surface area contributed by atoms with Crippen molar-refractivity contribution in [2.75, 3.05) is 0 Å². The van der Waals surface area contributed by atoms with Gasteiger partial charge in [-0.15, -0.1) is 0 Å². The Kier molecular flexibility index (Phi) is 7.92. The second kappa shape index (κ2) is 10.5. The van der Waals surface area contributed by atoms with Crippen molar-refractivity contribution >= 4 is 5.78 Å². The minimum atomic E-state index is -1.30. The standard InChI is InChI=1S/C34H50O7/c1-30(2,38)14-13-29(41-20-21-9-7-6-8-10-21)33(5,39)28-12-16-34(40)23-17-25(35)24-18-26(36)27(37)19-31(24,3)22(23)11-15-32(28,34)4/h6-10,17,22,24,26-29,36-40H,11-16,18-20H2,1-5H3/t22-,24-,26+,27-,28-,29+,31+,32+,33+,34+/m0/s1. The summed E-state index contributed by atoms with van der Waals surface area (Å²) in [4.78, 5) is 13.5. The second-order valence-electron chi connectivity index (χ2n) is 15.0. The van der Waals surface area contributed by atoms with Crippen LogP contribution in [-0.2, 0) is 16.1 Å². The third-order valence-corrected chi connectivity index (χ3v) is 11.8. The Labute approximate surface area is 244 Å². The lowest BCUT2D eigenvalue weighted by molar-refractivity contribution is -0.189. The van der Waals surface area contributed by atoms with Crippen LogP contribution in [0.1, 0.15) is 91.5 Å². The molecule has 1 aromatic rings. The SMILES string of the molecule is CC(C)(O)CC[C@@H](OCc1ccccc1)[C@](C)(O)[C@H]1CC[C@@]2(O)C3=CC(=O)[C@@H]4C[C@@H](O)[C@@H](O)C[C@]4(C)[C@H]3CC[C@]12C. The highest BCUT2D eigenvalue weighted by molar-refractivity contribution is 5.95. The summed E-state index contributed by atoms with van der Waals surface area (Å²) in [5.41, 5.74) is -2.97. The van der Waals surface area contributed by atoms with E-state index in [4.69, 9.17) is 4.74 Å². The van der Waals surface area contributed by atoms with Crippen LogP contribution in [0.5, 0.6) is 0 Å². The molecule has 0 heterocycles. The first-order valence-corrected chi connectivity index (χ1v) is 15.5. The molecule has 0 aliphatic heterocycles. The van der Waals surface area contributed by atoms with Crippen molar-refractivity contribution in [3.8, 4) is 0 Å². The lowest BCUT2D eigenvalue weighted by Gasteiger charge is -2.60. The molecule has 1 aromatic carbocycles. The number of ether oxygens (including phenoxy) is 1. The molecule has 0 unspecified atom stereocenters. The van der Waals surface area contributed by atoms with Gasteiger partial charge in [0, 0.05) is 11.3 Å². The van der Waals surface area contributed by atoms with E-state index >= 15 is 0 Å². The number of ketones is 1. The van der Waals surface area contributed by atoms with Crippen molar-refractivity contribution in [2.24, 2.45) is 28.6 Å². The van der Waals surface area contributed by atoms with E-state index in [1.165, 1.54) is 0 Å². The predicted octanol–water partition coefficient (Wildman–Crippen LogP) is 4.08. The van der Waals surface area contributed by atoms with Crippen molar-refractivity contribution in [3.05, 3.63) is 47.5 Å². The lowest BCUT2D eigenvalue weighted by Crippen LogP contribution is -2.63. The van der Waals surface area contributed by atoms with E-state index in [1.807, 2.05) is 44.2 Å². The summed E-state index contributed by atoms with van der Waals surface area (Å²) in [6.07, 6.45) is 3.16. The van der Waals surface area contributed by atoms with E-state index in [2.05, 4.69) is 6.92 Å². The number of hydrogen-bond donors (Lipinski definition) is 5. The monoisotopic (exact) mass is 570 g/mol. The van der Waals surface area contributed by atoms with Gasteiger partial charge in [0.05, 0.1) is 41.7 Å². The molecule has 4 aliphatic rings. The molecule has 7 nitrogen and oxygen atoms in total. The van der Waals surface area contributed by atoms with Gasteiger partial charge in [-0.05, 0) is 107 Å². The summed E-state index contributed by atoms with van der Waals surface area (Å²) in [6, 6.07) is 9.83. The van der Waals surface area contributed by atoms with E-state index in [1.54, 1.807) is 19.9 Å². The van der Waals surface area contributed by atoms with Crippen molar-refractivity contribution in [3.63, 3.8) is 0 Å². The summed E-state index contributed by atoms with van der Waals surface area (Å²) < 4.78 is 6.43. The minimum Gasteiger partial charge on any atom is -0.390 e. The normalized spacial score (nSPS) is 41.1. The van der Waals surface area contributed by atoms with Crippen LogP contribution in [0.15, 0.2) is 42.0 Å². The molecule has 3 saturated carbocycles. The highest BCUT2D eigenvalue weighted by Gasteiger charge is 2.69. The highest BCUT2D eigenvalue weighted by atomic mass is 16.5. The van der Waals surface area contributed by atoms with Gasteiger partial charge in [-0.2, -0.15) is 0 Å². The minimum absolute atomic E-state index is 0.0746. The molecule has 3 fully saturated rings. The fraction of sp³-hybridized carbons (Fsp3) is 0.735. The number of rotatable bonds is 8. The fourth-order valence-electron chi connectivity index (χ4n) is 9.33. The molecule has 0 spiro atoms. The maximum atomic E-state index is 13.5. The molecular weight excluding hydrogens is 520 g/mol. The molecular formula is C34H50O7. The Bertz CT molecular complexity index is 1160. The topological polar surface area (TPSA) is 127 Å². The van der Waals surface area contributed by atoms with Crippen LogP contribution in [0.3, 0.4) is 0 Å². The Morgan fingerprint density at radius 1 is 1.00 bits per heavy atom. The summed E-state index contributed by atoms with van der Waals surface area (Å²) in [5.74, 6) is -0.828. The number of aliphatic hydroxyl groups excluding tert-OH is 2. The van der Waals surface area contributed by atoms with Crippen LogP contribution in [0.4, 0.5) is 0 Å². The number of carbonyl (C=O) groups excluding carboxylic acids is 1. The average molecular weight is 571 g/mol. The Hall–Kier alpha value is -1.61. The second-order valence-corrected chi connectivity index (χ2v) is 15.0. The molecule has 0 bridgehead atoms. The molecule has 41 heavy (non-hydrogen) atoms. The molecule has 0 radical (unpaired) electrons. The van der Waals surface area contributed by atoms with Crippen molar-refractivity contribution in [1.29, 1.82) is 0 Å². The average Bonchev–Trinajstić information content (AvgIpc) is 3.17.